The fraction of sp³-hybridized carbons (Fsp3) is 0.857. The fourth-order valence-corrected chi connectivity index (χ4v) is 2.06. The Morgan fingerprint density at radius 3 is 2.11 bits per heavy atom. The number of amides is 1. The van der Waals surface area contributed by atoms with Crippen molar-refractivity contribution in [3.05, 3.63) is 0 Å². The number of carboxylic acids is 1. The molecule has 0 aliphatic carbocycles. The molecule has 0 fully saturated rings. The van der Waals surface area contributed by atoms with Gasteiger partial charge in [0.2, 0.25) is 5.91 Å². The lowest BCUT2D eigenvalue weighted by molar-refractivity contribution is -0.145. The summed E-state index contributed by atoms with van der Waals surface area (Å²) in [4.78, 5) is 23.1. The molecular weight excluding hydrogens is 244 g/mol. The van der Waals surface area contributed by atoms with Gasteiger partial charge in [0.25, 0.3) is 0 Å². The highest BCUT2D eigenvalue weighted by molar-refractivity contribution is 5.84. The van der Waals surface area contributed by atoms with Crippen molar-refractivity contribution in [2.24, 2.45) is 23.0 Å². The summed E-state index contributed by atoms with van der Waals surface area (Å²) in [5.41, 5.74) is 5.13. The number of carbonyl (C=O) groups excluding carboxylic acids is 1. The summed E-state index contributed by atoms with van der Waals surface area (Å²) in [7, 11) is 0. The van der Waals surface area contributed by atoms with Gasteiger partial charge in [-0.2, -0.15) is 0 Å². The minimum atomic E-state index is -1.01. The van der Waals surface area contributed by atoms with Crippen LogP contribution in [0.2, 0.25) is 0 Å². The van der Waals surface area contributed by atoms with Crippen LogP contribution >= 0.6 is 0 Å². The Morgan fingerprint density at radius 2 is 1.79 bits per heavy atom. The Morgan fingerprint density at radius 1 is 1.26 bits per heavy atom. The van der Waals surface area contributed by atoms with Gasteiger partial charge in [-0.15, -0.1) is 0 Å². The third-order valence-electron chi connectivity index (χ3n) is 3.03. The Kier molecular flexibility index (Phi) is 7.05. The van der Waals surface area contributed by atoms with Crippen LogP contribution in [0.25, 0.3) is 0 Å². The lowest BCUT2D eigenvalue weighted by atomic mass is 9.86. The first kappa shape index (κ1) is 17.9. The van der Waals surface area contributed by atoms with Crippen LogP contribution in [0.1, 0.15) is 47.5 Å². The van der Waals surface area contributed by atoms with Gasteiger partial charge in [0.05, 0.1) is 0 Å². The first-order valence-electron chi connectivity index (χ1n) is 6.80. The van der Waals surface area contributed by atoms with Gasteiger partial charge in [-0.05, 0) is 30.2 Å². The molecular formula is C14H28N2O3. The largest absolute Gasteiger partial charge is 0.480 e. The number of rotatable bonds is 7. The molecule has 0 saturated heterocycles. The van der Waals surface area contributed by atoms with E-state index in [4.69, 9.17) is 10.8 Å². The van der Waals surface area contributed by atoms with Gasteiger partial charge >= 0.3 is 5.97 Å². The molecule has 0 rings (SSSR count). The van der Waals surface area contributed by atoms with E-state index in [0.717, 1.165) is 6.42 Å². The maximum Gasteiger partial charge on any atom is 0.326 e. The molecule has 5 nitrogen and oxygen atoms in total. The number of carbonyl (C=O) groups is 2. The summed E-state index contributed by atoms with van der Waals surface area (Å²) >= 11 is 0. The molecule has 0 spiro atoms. The van der Waals surface area contributed by atoms with Crippen molar-refractivity contribution in [3.8, 4) is 0 Å². The zero-order valence-electron chi connectivity index (χ0n) is 12.7. The van der Waals surface area contributed by atoms with Crippen LogP contribution in [0.5, 0.6) is 0 Å². The van der Waals surface area contributed by atoms with Crippen LogP contribution < -0.4 is 11.1 Å². The molecule has 1 amide bonds. The Bertz CT molecular complexity index is 308. The van der Waals surface area contributed by atoms with Gasteiger partial charge < -0.3 is 16.2 Å². The zero-order chi connectivity index (χ0) is 15.2. The van der Waals surface area contributed by atoms with Gasteiger partial charge in [-0.3, -0.25) is 4.79 Å². The molecule has 5 heteroatoms. The van der Waals surface area contributed by atoms with Crippen molar-refractivity contribution in [2.75, 3.05) is 6.54 Å². The lowest BCUT2D eigenvalue weighted by Gasteiger charge is -2.28. The summed E-state index contributed by atoms with van der Waals surface area (Å²) in [6, 6.07) is -0.877. The van der Waals surface area contributed by atoms with Gasteiger partial charge in [0, 0.05) is 6.42 Å². The number of aliphatic carboxylic acids is 1. The maximum atomic E-state index is 11.9. The summed E-state index contributed by atoms with van der Waals surface area (Å²) in [5, 5.41) is 11.8. The van der Waals surface area contributed by atoms with Gasteiger partial charge in [-0.1, -0.05) is 34.6 Å². The quantitative estimate of drug-likeness (QED) is 0.656. The van der Waals surface area contributed by atoms with E-state index in [-0.39, 0.29) is 18.2 Å². The number of hydrogen-bond acceptors (Lipinski definition) is 3. The van der Waals surface area contributed by atoms with Crippen molar-refractivity contribution in [1.82, 2.24) is 5.32 Å². The molecule has 0 aromatic heterocycles. The van der Waals surface area contributed by atoms with Crippen LogP contribution in [0, 0.1) is 17.3 Å². The smallest absolute Gasteiger partial charge is 0.326 e. The van der Waals surface area contributed by atoms with Gasteiger partial charge in [0.15, 0.2) is 0 Å². The normalized spacial score (nSPS) is 15.1. The predicted octanol–water partition coefficient (Wildman–Crippen LogP) is 1.61. The molecule has 19 heavy (non-hydrogen) atoms. The standard InChI is InChI=1S/C14H28N2O3/c1-9(2)6-10(8-15)7-11(17)16-12(13(18)19)14(3,4)5/h9-10,12H,6-8,15H2,1-5H3,(H,16,17)(H,18,19)/t10?,12-/m0/s1. The van der Waals surface area contributed by atoms with E-state index in [9.17, 15) is 9.59 Å². The van der Waals surface area contributed by atoms with E-state index in [1.807, 2.05) is 0 Å². The van der Waals surface area contributed by atoms with Crippen molar-refractivity contribution in [2.45, 2.75) is 53.5 Å². The van der Waals surface area contributed by atoms with Crippen LogP contribution in [-0.4, -0.2) is 29.6 Å². The Hall–Kier alpha value is -1.10. The molecule has 4 N–H and O–H groups in total. The average molecular weight is 272 g/mol. The molecule has 112 valence electrons. The van der Waals surface area contributed by atoms with E-state index < -0.39 is 17.4 Å². The van der Waals surface area contributed by atoms with Gasteiger partial charge in [0.1, 0.15) is 6.04 Å². The molecule has 1 unspecified atom stereocenters. The third-order valence-corrected chi connectivity index (χ3v) is 3.03. The van der Waals surface area contributed by atoms with E-state index >= 15 is 0 Å². The molecule has 2 atom stereocenters. The number of hydrogen-bond donors (Lipinski definition) is 3. The van der Waals surface area contributed by atoms with Gasteiger partial charge in [-0.25, -0.2) is 4.79 Å². The zero-order valence-corrected chi connectivity index (χ0v) is 12.7. The summed E-state index contributed by atoms with van der Waals surface area (Å²) in [6.45, 7) is 9.98. The van der Waals surface area contributed by atoms with Crippen molar-refractivity contribution < 1.29 is 14.7 Å². The SMILES string of the molecule is CC(C)CC(CN)CC(=O)N[C@@H](C(=O)O)C(C)(C)C. The van der Waals surface area contributed by atoms with Crippen LogP contribution in [-0.2, 0) is 9.59 Å². The van der Waals surface area contributed by atoms with Crippen LogP contribution in [0.4, 0.5) is 0 Å². The molecule has 0 aromatic rings. The minimum absolute atomic E-state index is 0.106. The second kappa shape index (κ2) is 7.48. The third kappa shape index (κ3) is 7.15. The Labute approximate surface area is 115 Å². The molecule has 0 bridgehead atoms. The summed E-state index contributed by atoms with van der Waals surface area (Å²) in [5.74, 6) is -0.666. The number of nitrogens with one attached hydrogen (secondary N) is 1. The van der Waals surface area contributed by atoms with Crippen molar-refractivity contribution in [3.63, 3.8) is 0 Å². The average Bonchev–Trinajstić information content (AvgIpc) is 2.22. The predicted molar refractivity (Wildman–Crippen MR) is 75.6 cm³/mol. The highest BCUT2D eigenvalue weighted by Crippen LogP contribution is 2.20. The highest BCUT2D eigenvalue weighted by Gasteiger charge is 2.32. The lowest BCUT2D eigenvalue weighted by Crippen LogP contribution is -2.49. The second-order valence-electron chi connectivity index (χ2n) is 6.64. The number of nitrogens with two attached hydrogens (primary N) is 1. The van der Waals surface area contributed by atoms with E-state index in [1.165, 1.54) is 0 Å². The second-order valence-corrected chi connectivity index (χ2v) is 6.64. The fourth-order valence-electron chi connectivity index (χ4n) is 2.06. The van der Waals surface area contributed by atoms with Crippen LogP contribution in [0.15, 0.2) is 0 Å². The van der Waals surface area contributed by atoms with Crippen LogP contribution in [0.3, 0.4) is 0 Å². The first-order valence-corrected chi connectivity index (χ1v) is 6.80. The molecule has 0 heterocycles. The van der Waals surface area contributed by atoms with E-state index in [0.29, 0.717) is 12.5 Å². The molecule has 0 aromatic carbocycles. The van der Waals surface area contributed by atoms with Crippen molar-refractivity contribution in [1.29, 1.82) is 0 Å². The summed E-state index contributed by atoms with van der Waals surface area (Å²) < 4.78 is 0. The molecule has 0 aliphatic heterocycles. The molecule has 0 aliphatic rings. The topological polar surface area (TPSA) is 92.4 Å². The first-order chi connectivity index (χ1) is 8.57. The highest BCUT2D eigenvalue weighted by atomic mass is 16.4. The maximum absolute atomic E-state index is 11.9. The van der Waals surface area contributed by atoms with Crippen molar-refractivity contribution >= 4 is 11.9 Å². The monoisotopic (exact) mass is 272 g/mol. The van der Waals surface area contributed by atoms with E-state index in [1.54, 1.807) is 20.8 Å². The molecule has 0 radical (unpaired) electrons. The minimum Gasteiger partial charge on any atom is -0.480 e. The Balaban J connectivity index is 4.53. The molecule has 0 saturated carbocycles. The summed E-state index contributed by atoms with van der Waals surface area (Å²) in [6.07, 6.45) is 1.16. The van der Waals surface area contributed by atoms with E-state index in [2.05, 4.69) is 19.2 Å². The number of carboxylic acid groups (broad SMARTS) is 1.